The molecule has 0 spiro atoms. The molecule has 0 aromatic heterocycles. The Balaban J connectivity index is 1.46. The van der Waals surface area contributed by atoms with Gasteiger partial charge in [-0.1, -0.05) is 42.5 Å². The molecular formula is C24H22N4O3S. The lowest BCUT2D eigenvalue weighted by Crippen LogP contribution is -2.48. The van der Waals surface area contributed by atoms with Crippen molar-refractivity contribution in [1.29, 1.82) is 0 Å². The average molecular weight is 447 g/mol. The van der Waals surface area contributed by atoms with Crippen LogP contribution in [0.15, 0.2) is 78.9 Å². The smallest absolute Gasteiger partial charge is 0.269 e. The van der Waals surface area contributed by atoms with Crippen LogP contribution in [0.3, 0.4) is 0 Å². The van der Waals surface area contributed by atoms with Gasteiger partial charge in [0.1, 0.15) is 0 Å². The molecule has 3 amide bonds. The number of rotatable bonds is 5. The minimum atomic E-state index is -0.443. The van der Waals surface area contributed by atoms with Crippen molar-refractivity contribution in [3.05, 3.63) is 101 Å². The highest BCUT2D eigenvalue weighted by molar-refractivity contribution is 7.80. The van der Waals surface area contributed by atoms with Crippen LogP contribution < -0.4 is 21.5 Å². The van der Waals surface area contributed by atoms with E-state index in [4.69, 9.17) is 12.2 Å². The monoisotopic (exact) mass is 446 g/mol. The van der Waals surface area contributed by atoms with Gasteiger partial charge in [0.15, 0.2) is 5.11 Å². The predicted octanol–water partition coefficient (Wildman–Crippen LogP) is 3.13. The Bertz CT molecular complexity index is 1130. The summed E-state index contributed by atoms with van der Waals surface area (Å²) in [7, 11) is 0. The van der Waals surface area contributed by atoms with Crippen LogP contribution in [-0.4, -0.2) is 22.8 Å². The molecule has 0 radical (unpaired) electrons. The molecule has 0 aliphatic heterocycles. The van der Waals surface area contributed by atoms with Crippen molar-refractivity contribution in [3.8, 4) is 0 Å². The average Bonchev–Trinajstić information content (AvgIpc) is 2.80. The molecule has 3 rings (SSSR count). The number of carbonyl (C=O) groups excluding carboxylic acids is 3. The number of hydrogen-bond donors (Lipinski definition) is 4. The molecule has 0 aliphatic rings. The van der Waals surface area contributed by atoms with E-state index in [1.54, 1.807) is 48.5 Å². The second kappa shape index (κ2) is 10.8. The fourth-order valence-electron chi connectivity index (χ4n) is 2.87. The molecule has 3 aromatic rings. The normalized spacial score (nSPS) is 10.0. The van der Waals surface area contributed by atoms with Crippen LogP contribution in [0.2, 0.25) is 0 Å². The largest absolute Gasteiger partial charge is 0.322 e. The standard InChI is InChI=1S/C24H22N4O3S/c1-16-7-5-6-10-19(16)15-21(29)26-24(32)28-27-23(31)18-11-13-20(14-12-18)25-22(30)17-8-3-2-4-9-17/h2-14H,15H2,1H3,(H,25,30)(H,27,31)(H2,26,28,29,32). The van der Waals surface area contributed by atoms with E-state index in [1.807, 2.05) is 37.3 Å². The third-order valence-electron chi connectivity index (χ3n) is 4.60. The molecule has 0 atom stereocenters. The number of carbonyl (C=O) groups is 3. The summed E-state index contributed by atoms with van der Waals surface area (Å²) in [5.74, 6) is -0.970. The van der Waals surface area contributed by atoms with Crippen LogP contribution in [-0.2, 0) is 11.2 Å². The van der Waals surface area contributed by atoms with Crippen molar-refractivity contribution in [3.63, 3.8) is 0 Å². The fourth-order valence-corrected chi connectivity index (χ4v) is 3.03. The molecule has 0 unspecified atom stereocenters. The van der Waals surface area contributed by atoms with Crippen LogP contribution in [0.25, 0.3) is 0 Å². The van der Waals surface area contributed by atoms with E-state index in [9.17, 15) is 14.4 Å². The summed E-state index contributed by atoms with van der Waals surface area (Å²) in [5, 5.41) is 5.28. The summed E-state index contributed by atoms with van der Waals surface area (Å²) >= 11 is 5.06. The minimum absolute atomic E-state index is 0.0105. The maximum atomic E-state index is 12.3. The fraction of sp³-hybridized carbons (Fsp3) is 0.0833. The van der Waals surface area contributed by atoms with Crippen molar-refractivity contribution < 1.29 is 14.4 Å². The lowest BCUT2D eigenvalue weighted by Gasteiger charge is -2.12. The number of amides is 3. The molecule has 32 heavy (non-hydrogen) atoms. The van der Waals surface area contributed by atoms with E-state index in [0.29, 0.717) is 16.8 Å². The van der Waals surface area contributed by atoms with E-state index < -0.39 is 5.91 Å². The summed E-state index contributed by atoms with van der Waals surface area (Å²) in [6, 6.07) is 22.8. The number of nitrogens with one attached hydrogen (secondary N) is 4. The Hall–Kier alpha value is -4.04. The maximum absolute atomic E-state index is 12.3. The number of anilines is 1. The Kier molecular flexibility index (Phi) is 7.66. The van der Waals surface area contributed by atoms with Crippen molar-refractivity contribution in [2.75, 3.05) is 5.32 Å². The second-order valence-electron chi connectivity index (χ2n) is 6.96. The molecule has 0 heterocycles. The lowest BCUT2D eigenvalue weighted by molar-refractivity contribution is -0.119. The van der Waals surface area contributed by atoms with Crippen molar-refractivity contribution in [2.24, 2.45) is 0 Å². The Morgan fingerprint density at radius 1 is 0.750 bits per heavy atom. The molecule has 0 saturated heterocycles. The molecule has 0 aliphatic carbocycles. The highest BCUT2D eigenvalue weighted by Gasteiger charge is 2.10. The molecular weight excluding hydrogens is 424 g/mol. The van der Waals surface area contributed by atoms with Gasteiger partial charge in [0.05, 0.1) is 6.42 Å². The molecule has 3 aromatic carbocycles. The quantitative estimate of drug-likeness (QED) is 0.357. The van der Waals surface area contributed by atoms with Crippen LogP contribution >= 0.6 is 12.2 Å². The number of hydrazine groups is 1. The first-order valence-corrected chi connectivity index (χ1v) is 10.2. The van der Waals surface area contributed by atoms with E-state index in [2.05, 4.69) is 21.5 Å². The van der Waals surface area contributed by atoms with E-state index in [0.717, 1.165) is 11.1 Å². The van der Waals surface area contributed by atoms with Gasteiger partial charge in [-0.3, -0.25) is 25.2 Å². The molecule has 8 heteroatoms. The SMILES string of the molecule is Cc1ccccc1CC(=O)NC(=S)NNC(=O)c1ccc(NC(=O)c2ccccc2)cc1. The number of benzene rings is 3. The first kappa shape index (κ1) is 22.6. The van der Waals surface area contributed by atoms with Gasteiger partial charge in [-0.05, 0) is 66.7 Å². The van der Waals surface area contributed by atoms with Crippen LogP contribution in [0, 0.1) is 6.92 Å². The van der Waals surface area contributed by atoms with Crippen molar-refractivity contribution in [1.82, 2.24) is 16.2 Å². The lowest BCUT2D eigenvalue weighted by atomic mass is 10.1. The summed E-state index contributed by atoms with van der Waals surface area (Å²) in [5.41, 5.74) is 8.30. The van der Waals surface area contributed by atoms with Gasteiger partial charge in [-0.25, -0.2) is 0 Å². The van der Waals surface area contributed by atoms with Crippen LogP contribution in [0.4, 0.5) is 5.69 Å². The van der Waals surface area contributed by atoms with E-state index in [-0.39, 0.29) is 23.3 Å². The molecule has 7 nitrogen and oxygen atoms in total. The van der Waals surface area contributed by atoms with Gasteiger partial charge in [0.2, 0.25) is 5.91 Å². The predicted molar refractivity (Wildman–Crippen MR) is 127 cm³/mol. The van der Waals surface area contributed by atoms with Gasteiger partial charge in [0.25, 0.3) is 11.8 Å². The first-order chi connectivity index (χ1) is 15.4. The maximum Gasteiger partial charge on any atom is 0.269 e. The van der Waals surface area contributed by atoms with E-state index >= 15 is 0 Å². The number of hydrogen-bond acceptors (Lipinski definition) is 4. The Labute approximate surface area is 191 Å². The van der Waals surface area contributed by atoms with Gasteiger partial charge in [-0.2, -0.15) is 0 Å². The van der Waals surface area contributed by atoms with Crippen LogP contribution in [0.1, 0.15) is 31.8 Å². The highest BCUT2D eigenvalue weighted by atomic mass is 32.1. The topological polar surface area (TPSA) is 99.3 Å². The van der Waals surface area contributed by atoms with Crippen molar-refractivity contribution in [2.45, 2.75) is 13.3 Å². The van der Waals surface area contributed by atoms with Gasteiger partial charge in [0, 0.05) is 16.8 Å². The van der Waals surface area contributed by atoms with Crippen molar-refractivity contribution >= 4 is 40.7 Å². The zero-order valence-corrected chi connectivity index (χ0v) is 18.2. The zero-order chi connectivity index (χ0) is 22.9. The summed E-state index contributed by atoms with van der Waals surface area (Å²) in [6.45, 7) is 1.93. The Morgan fingerprint density at radius 2 is 1.38 bits per heavy atom. The van der Waals surface area contributed by atoms with E-state index in [1.165, 1.54) is 0 Å². The third-order valence-corrected chi connectivity index (χ3v) is 4.80. The first-order valence-electron chi connectivity index (χ1n) is 9.83. The number of thiocarbonyl (C=S) groups is 1. The molecule has 162 valence electrons. The summed E-state index contributed by atoms with van der Waals surface area (Å²) in [4.78, 5) is 36.6. The van der Waals surface area contributed by atoms with Gasteiger partial charge in [-0.15, -0.1) is 0 Å². The van der Waals surface area contributed by atoms with Gasteiger partial charge >= 0.3 is 0 Å². The number of aryl methyl sites for hydroxylation is 1. The second-order valence-corrected chi connectivity index (χ2v) is 7.37. The van der Waals surface area contributed by atoms with Gasteiger partial charge < -0.3 is 10.6 Å². The zero-order valence-electron chi connectivity index (χ0n) is 17.3. The molecule has 0 saturated carbocycles. The third kappa shape index (κ3) is 6.48. The molecule has 0 bridgehead atoms. The highest BCUT2D eigenvalue weighted by Crippen LogP contribution is 2.11. The summed E-state index contributed by atoms with van der Waals surface area (Å²) < 4.78 is 0. The minimum Gasteiger partial charge on any atom is -0.322 e. The summed E-state index contributed by atoms with van der Waals surface area (Å²) in [6.07, 6.45) is 0.179. The molecule has 4 N–H and O–H groups in total. The molecule has 0 fully saturated rings. The Morgan fingerprint density at radius 3 is 2.06 bits per heavy atom. The van der Waals surface area contributed by atoms with Crippen LogP contribution in [0.5, 0.6) is 0 Å².